The predicted octanol–water partition coefficient (Wildman–Crippen LogP) is 1.07. The zero-order chi connectivity index (χ0) is 13.1. The third kappa shape index (κ3) is 10.5. The standard InChI is InChI=1S/C7H13NO2.C4H7NO/c1-4-5-6(2)7(9)8-10-3;1-3(2)4(5)6/h2,4-5H2,1,3H3,(H,8,9);1H2,2H3,(H2,5,6). The minimum absolute atomic E-state index is 0.232. The van der Waals surface area contributed by atoms with Crippen LogP contribution in [0, 0.1) is 0 Å². The molecule has 92 valence electrons. The van der Waals surface area contributed by atoms with Crippen molar-refractivity contribution in [3.8, 4) is 0 Å². The molecule has 0 aromatic heterocycles. The Labute approximate surface area is 96.3 Å². The van der Waals surface area contributed by atoms with Crippen LogP contribution in [0.1, 0.15) is 26.7 Å². The van der Waals surface area contributed by atoms with E-state index in [0.717, 1.165) is 12.8 Å². The molecule has 0 aliphatic heterocycles. The van der Waals surface area contributed by atoms with E-state index in [1.54, 1.807) is 6.92 Å². The second-order valence-corrected chi connectivity index (χ2v) is 3.13. The number of primary amides is 1. The van der Waals surface area contributed by atoms with Crippen LogP contribution in [0.25, 0.3) is 0 Å². The second-order valence-electron chi connectivity index (χ2n) is 3.13. The summed E-state index contributed by atoms with van der Waals surface area (Å²) in [5.74, 6) is -0.667. The van der Waals surface area contributed by atoms with E-state index in [9.17, 15) is 9.59 Å². The molecule has 0 aromatic rings. The Morgan fingerprint density at radius 3 is 2.06 bits per heavy atom. The maximum atomic E-state index is 10.8. The van der Waals surface area contributed by atoms with Gasteiger partial charge in [0.2, 0.25) is 5.91 Å². The fourth-order valence-electron chi connectivity index (χ4n) is 0.580. The molecular weight excluding hydrogens is 208 g/mol. The Balaban J connectivity index is 0. The van der Waals surface area contributed by atoms with E-state index >= 15 is 0 Å². The van der Waals surface area contributed by atoms with Crippen LogP contribution in [0.2, 0.25) is 0 Å². The Morgan fingerprint density at radius 1 is 1.38 bits per heavy atom. The van der Waals surface area contributed by atoms with Gasteiger partial charge in [0.15, 0.2) is 0 Å². The molecule has 0 saturated carbocycles. The molecule has 16 heavy (non-hydrogen) atoms. The molecule has 0 saturated heterocycles. The number of carbonyl (C=O) groups is 2. The zero-order valence-corrected chi connectivity index (χ0v) is 10.1. The molecule has 3 N–H and O–H groups in total. The van der Waals surface area contributed by atoms with Gasteiger partial charge in [-0.05, 0) is 13.3 Å². The number of nitrogens with two attached hydrogens (primary N) is 1. The molecule has 0 fully saturated rings. The summed E-state index contributed by atoms with van der Waals surface area (Å²) in [6.07, 6.45) is 1.64. The number of rotatable bonds is 5. The molecule has 0 bridgehead atoms. The van der Waals surface area contributed by atoms with Crippen molar-refractivity contribution in [3.05, 3.63) is 24.3 Å². The van der Waals surface area contributed by atoms with Crippen LogP contribution >= 0.6 is 0 Å². The summed E-state index contributed by atoms with van der Waals surface area (Å²) in [6, 6.07) is 0. The Bertz CT molecular complexity index is 244. The number of carbonyl (C=O) groups excluding carboxylic acids is 2. The molecule has 2 amide bonds. The highest BCUT2D eigenvalue weighted by Gasteiger charge is 2.02. The highest BCUT2D eigenvalue weighted by molar-refractivity contribution is 5.91. The molecule has 0 unspecified atom stereocenters. The summed E-state index contributed by atoms with van der Waals surface area (Å²) < 4.78 is 0. The number of hydrogen-bond donors (Lipinski definition) is 2. The van der Waals surface area contributed by atoms with Crippen LogP contribution in [0.5, 0.6) is 0 Å². The van der Waals surface area contributed by atoms with Gasteiger partial charge in [0.05, 0.1) is 7.11 Å². The molecule has 0 rings (SSSR count). The maximum absolute atomic E-state index is 10.8. The first-order chi connectivity index (χ1) is 7.36. The highest BCUT2D eigenvalue weighted by Crippen LogP contribution is 2.00. The van der Waals surface area contributed by atoms with Gasteiger partial charge in [0, 0.05) is 11.1 Å². The van der Waals surface area contributed by atoms with Crippen LogP contribution in [0.3, 0.4) is 0 Å². The number of hydrogen-bond acceptors (Lipinski definition) is 3. The van der Waals surface area contributed by atoms with Gasteiger partial charge in [-0.1, -0.05) is 26.5 Å². The monoisotopic (exact) mass is 228 g/mol. The fourth-order valence-corrected chi connectivity index (χ4v) is 0.580. The summed E-state index contributed by atoms with van der Waals surface area (Å²) in [6.45, 7) is 10.4. The summed E-state index contributed by atoms with van der Waals surface area (Å²) >= 11 is 0. The van der Waals surface area contributed by atoms with Crippen molar-refractivity contribution in [2.75, 3.05) is 7.11 Å². The van der Waals surface area contributed by atoms with Crippen LogP contribution in [-0.2, 0) is 14.4 Å². The van der Waals surface area contributed by atoms with Gasteiger partial charge in [-0.25, -0.2) is 5.48 Å². The Hall–Kier alpha value is -1.62. The number of amides is 2. The lowest BCUT2D eigenvalue weighted by atomic mass is 10.2. The first-order valence-electron chi connectivity index (χ1n) is 4.83. The average Bonchev–Trinajstić information content (AvgIpc) is 2.19. The zero-order valence-electron chi connectivity index (χ0n) is 10.1. The fraction of sp³-hybridized carbons (Fsp3) is 0.455. The van der Waals surface area contributed by atoms with Crippen molar-refractivity contribution < 1.29 is 14.4 Å². The summed E-state index contributed by atoms with van der Waals surface area (Å²) in [4.78, 5) is 25.0. The van der Waals surface area contributed by atoms with Crippen molar-refractivity contribution >= 4 is 11.8 Å². The lowest BCUT2D eigenvalue weighted by molar-refractivity contribution is -0.127. The SMILES string of the molecule is C=C(C)C(N)=O.C=C(CCC)C(=O)NOC. The van der Waals surface area contributed by atoms with Gasteiger partial charge in [-0.3, -0.25) is 14.4 Å². The van der Waals surface area contributed by atoms with Gasteiger partial charge in [-0.2, -0.15) is 0 Å². The lowest BCUT2D eigenvalue weighted by Crippen LogP contribution is -2.22. The lowest BCUT2D eigenvalue weighted by Gasteiger charge is -2.02. The normalized spacial score (nSPS) is 8.44. The van der Waals surface area contributed by atoms with E-state index in [-0.39, 0.29) is 5.91 Å². The third-order valence-corrected chi connectivity index (χ3v) is 1.49. The van der Waals surface area contributed by atoms with Crippen LogP contribution in [0.15, 0.2) is 24.3 Å². The topological polar surface area (TPSA) is 81.4 Å². The summed E-state index contributed by atoms with van der Waals surface area (Å²) in [7, 11) is 1.40. The molecule has 0 aromatic carbocycles. The molecule has 0 aliphatic rings. The van der Waals surface area contributed by atoms with Crippen molar-refractivity contribution in [1.29, 1.82) is 0 Å². The van der Waals surface area contributed by atoms with Crippen molar-refractivity contribution in [1.82, 2.24) is 5.48 Å². The van der Waals surface area contributed by atoms with E-state index < -0.39 is 5.91 Å². The van der Waals surface area contributed by atoms with E-state index in [2.05, 4.69) is 23.5 Å². The smallest absolute Gasteiger partial charge is 0.270 e. The molecule has 5 heteroatoms. The largest absolute Gasteiger partial charge is 0.366 e. The van der Waals surface area contributed by atoms with E-state index in [4.69, 9.17) is 5.73 Å². The maximum Gasteiger partial charge on any atom is 0.270 e. The van der Waals surface area contributed by atoms with Gasteiger partial charge < -0.3 is 5.73 Å². The van der Waals surface area contributed by atoms with E-state index in [1.165, 1.54) is 7.11 Å². The quantitative estimate of drug-likeness (QED) is 0.545. The molecular formula is C11H20N2O3. The first kappa shape index (κ1) is 16.8. The Kier molecular flexibility index (Phi) is 10.4. The van der Waals surface area contributed by atoms with Crippen LogP contribution in [0.4, 0.5) is 0 Å². The van der Waals surface area contributed by atoms with Crippen LogP contribution in [-0.4, -0.2) is 18.9 Å². The molecule has 5 nitrogen and oxygen atoms in total. The molecule has 0 radical (unpaired) electrons. The summed E-state index contributed by atoms with van der Waals surface area (Å²) in [5.41, 5.74) is 7.85. The van der Waals surface area contributed by atoms with E-state index in [1.807, 2.05) is 6.92 Å². The first-order valence-corrected chi connectivity index (χ1v) is 4.83. The molecule has 0 heterocycles. The average molecular weight is 228 g/mol. The van der Waals surface area contributed by atoms with Crippen molar-refractivity contribution in [3.63, 3.8) is 0 Å². The molecule has 0 aliphatic carbocycles. The number of hydroxylamine groups is 1. The van der Waals surface area contributed by atoms with Crippen molar-refractivity contribution in [2.45, 2.75) is 26.7 Å². The van der Waals surface area contributed by atoms with Crippen LogP contribution < -0.4 is 11.2 Å². The predicted molar refractivity (Wildman–Crippen MR) is 63.2 cm³/mol. The highest BCUT2D eigenvalue weighted by atomic mass is 16.6. The molecule has 0 atom stereocenters. The summed E-state index contributed by atoms with van der Waals surface area (Å²) in [5, 5.41) is 0. The third-order valence-electron chi connectivity index (χ3n) is 1.49. The second kappa shape index (κ2) is 9.92. The van der Waals surface area contributed by atoms with E-state index in [0.29, 0.717) is 11.1 Å². The van der Waals surface area contributed by atoms with Gasteiger partial charge >= 0.3 is 0 Å². The van der Waals surface area contributed by atoms with Gasteiger partial charge in [0.1, 0.15) is 0 Å². The Morgan fingerprint density at radius 2 is 1.81 bits per heavy atom. The minimum Gasteiger partial charge on any atom is -0.366 e. The van der Waals surface area contributed by atoms with Gasteiger partial charge in [-0.15, -0.1) is 0 Å². The molecule has 0 spiro atoms. The van der Waals surface area contributed by atoms with Crippen molar-refractivity contribution in [2.24, 2.45) is 5.73 Å². The number of nitrogens with one attached hydrogen (secondary N) is 1. The van der Waals surface area contributed by atoms with Gasteiger partial charge in [0.25, 0.3) is 5.91 Å². The minimum atomic E-state index is -0.435.